The fourth-order valence-electron chi connectivity index (χ4n) is 1.61. The Morgan fingerprint density at radius 2 is 2.00 bits per heavy atom. The van der Waals surface area contributed by atoms with Gasteiger partial charge in [0, 0.05) is 18.8 Å². The van der Waals surface area contributed by atoms with Crippen molar-refractivity contribution in [2.75, 3.05) is 12.8 Å². The van der Waals surface area contributed by atoms with Crippen molar-refractivity contribution in [1.29, 1.82) is 0 Å². The summed E-state index contributed by atoms with van der Waals surface area (Å²) in [7, 11) is -1.70. The van der Waals surface area contributed by atoms with Crippen LogP contribution in [-0.4, -0.2) is 25.8 Å². The van der Waals surface area contributed by atoms with Gasteiger partial charge in [-0.1, -0.05) is 0 Å². The molecule has 0 aliphatic heterocycles. The van der Waals surface area contributed by atoms with Gasteiger partial charge in [-0.2, -0.15) is 4.31 Å². The van der Waals surface area contributed by atoms with E-state index >= 15 is 0 Å². The molecule has 16 heavy (non-hydrogen) atoms. The van der Waals surface area contributed by atoms with Crippen LogP contribution in [0.15, 0.2) is 23.1 Å². The van der Waals surface area contributed by atoms with Crippen LogP contribution in [0.25, 0.3) is 0 Å². The maximum absolute atomic E-state index is 12.2. The molecule has 1 aliphatic rings. The molecule has 1 fully saturated rings. The van der Waals surface area contributed by atoms with Crippen LogP contribution >= 0.6 is 0 Å². The van der Waals surface area contributed by atoms with Crippen LogP contribution in [0.4, 0.5) is 5.69 Å². The highest BCUT2D eigenvalue weighted by atomic mass is 32.2. The third-order valence-electron chi connectivity index (χ3n) is 2.98. The van der Waals surface area contributed by atoms with Gasteiger partial charge in [0.1, 0.15) is 0 Å². The molecule has 1 aliphatic carbocycles. The second-order valence-corrected chi connectivity index (χ2v) is 6.27. The zero-order chi connectivity index (χ0) is 11.9. The Kier molecular flexibility index (Phi) is 2.67. The topological polar surface area (TPSA) is 63.4 Å². The van der Waals surface area contributed by atoms with Crippen LogP contribution in [0.3, 0.4) is 0 Å². The Morgan fingerprint density at radius 3 is 2.50 bits per heavy atom. The van der Waals surface area contributed by atoms with E-state index in [-0.39, 0.29) is 6.04 Å². The SMILES string of the molecule is Cc1cc(S(=O)(=O)N(C)C2CC2)ccc1N. The molecule has 4 nitrogen and oxygen atoms in total. The maximum Gasteiger partial charge on any atom is 0.243 e. The highest BCUT2D eigenvalue weighted by molar-refractivity contribution is 7.89. The molecule has 0 radical (unpaired) electrons. The summed E-state index contributed by atoms with van der Waals surface area (Å²) in [4.78, 5) is 0.327. The third-order valence-corrected chi connectivity index (χ3v) is 4.89. The quantitative estimate of drug-likeness (QED) is 0.811. The summed E-state index contributed by atoms with van der Waals surface area (Å²) in [6.07, 6.45) is 1.92. The zero-order valence-corrected chi connectivity index (χ0v) is 10.3. The number of nitrogens with two attached hydrogens (primary N) is 1. The minimum absolute atomic E-state index is 0.183. The van der Waals surface area contributed by atoms with E-state index in [2.05, 4.69) is 0 Å². The standard InChI is InChI=1S/C11H16N2O2S/c1-8-7-10(5-6-11(8)12)16(14,15)13(2)9-3-4-9/h5-7,9H,3-4,12H2,1-2H3. The molecule has 0 atom stereocenters. The largest absolute Gasteiger partial charge is 0.399 e. The summed E-state index contributed by atoms with van der Waals surface area (Å²) in [6.45, 7) is 1.81. The lowest BCUT2D eigenvalue weighted by Gasteiger charge is -2.16. The van der Waals surface area contributed by atoms with Gasteiger partial charge in [-0.15, -0.1) is 0 Å². The predicted molar refractivity (Wildman–Crippen MR) is 63.6 cm³/mol. The van der Waals surface area contributed by atoms with Crippen LogP contribution in [-0.2, 0) is 10.0 Å². The van der Waals surface area contributed by atoms with E-state index in [0.717, 1.165) is 18.4 Å². The Bertz CT molecular complexity index is 507. The summed E-state index contributed by atoms with van der Waals surface area (Å²) < 4.78 is 25.8. The van der Waals surface area contributed by atoms with Gasteiger partial charge in [0.05, 0.1) is 4.90 Å². The molecular formula is C11H16N2O2S. The van der Waals surface area contributed by atoms with Gasteiger partial charge in [-0.3, -0.25) is 0 Å². The molecule has 5 heteroatoms. The van der Waals surface area contributed by atoms with Crippen molar-refractivity contribution in [2.24, 2.45) is 0 Å². The molecule has 0 heterocycles. The lowest BCUT2D eigenvalue weighted by molar-refractivity contribution is 0.464. The highest BCUT2D eigenvalue weighted by Gasteiger charge is 2.34. The Balaban J connectivity index is 2.38. The van der Waals surface area contributed by atoms with E-state index in [0.29, 0.717) is 10.6 Å². The normalized spacial score (nSPS) is 16.7. The molecule has 0 amide bonds. The number of aryl methyl sites for hydroxylation is 1. The minimum Gasteiger partial charge on any atom is -0.399 e. The van der Waals surface area contributed by atoms with E-state index in [1.54, 1.807) is 25.2 Å². The Morgan fingerprint density at radius 1 is 1.38 bits per heavy atom. The van der Waals surface area contributed by atoms with Gasteiger partial charge < -0.3 is 5.73 Å². The number of anilines is 1. The first-order chi connectivity index (χ1) is 7.43. The van der Waals surface area contributed by atoms with Crippen molar-refractivity contribution < 1.29 is 8.42 Å². The lowest BCUT2D eigenvalue weighted by atomic mass is 10.2. The van der Waals surface area contributed by atoms with Gasteiger partial charge in [0.25, 0.3) is 0 Å². The fourth-order valence-corrected chi connectivity index (χ4v) is 3.11. The van der Waals surface area contributed by atoms with E-state index in [1.807, 2.05) is 6.92 Å². The first-order valence-electron chi connectivity index (χ1n) is 5.27. The number of sulfonamides is 1. The number of hydrogen-bond acceptors (Lipinski definition) is 3. The van der Waals surface area contributed by atoms with Gasteiger partial charge in [-0.05, 0) is 43.5 Å². The van der Waals surface area contributed by atoms with Crippen LogP contribution < -0.4 is 5.73 Å². The van der Waals surface area contributed by atoms with Gasteiger partial charge >= 0.3 is 0 Å². The first kappa shape index (κ1) is 11.4. The molecule has 2 N–H and O–H groups in total. The van der Waals surface area contributed by atoms with Gasteiger partial charge in [-0.25, -0.2) is 8.42 Å². The minimum atomic E-state index is -3.34. The molecule has 2 rings (SSSR count). The van der Waals surface area contributed by atoms with Gasteiger partial charge in [0.2, 0.25) is 10.0 Å². The molecular weight excluding hydrogens is 224 g/mol. The number of nitrogens with zero attached hydrogens (tertiary/aromatic N) is 1. The number of rotatable bonds is 3. The van der Waals surface area contributed by atoms with Crippen molar-refractivity contribution in [3.05, 3.63) is 23.8 Å². The lowest BCUT2D eigenvalue weighted by Crippen LogP contribution is -2.29. The van der Waals surface area contributed by atoms with E-state index < -0.39 is 10.0 Å². The van der Waals surface area contributed by atoms with Crippen LogP contribution in [0.5, 0.6) is 0 Å². The van der Waals surface area contributed by atoms with Crippen molar-refractivity contribution >= 4 is 15.7 Å². The summed E-state index contributed by atoms with van der Waals surface area (Å²) in [6, 6.07) is 5.02. The summed E-state index contributed by atoms with van der Waals surface area (Å²) in [5, 5.41) is 0. The second-order valence-electron chi connectivity index (χ2n) is 4.27. The Labute approximate surface area is 96.1 Å². The van der Waals surface area contributed by atoms with E-state index in [9.17, 15) is 8.42 Å². The number of nitrogen functional groups attached to an aromatic ring is 1. The third kappa shape index (κ3) is 1.92. The monoisotopic (exact) mass is 240 g/mol. The molecule has 0 aromatic heterocycles. The van der Waals surface area contributed by atoms with Crippen molar-refractivity contribution in [3.8, 4) is 0 Å². The van der Waals surface area contributed by atoms with Gasteiger partial charge in [0.15, 0.2) is 0 Å². The first-order valence-corrected chi connectivity index (χ1v) is 6.71. The smallest absolute Gasteiger partial charge is 0.243 e. The van der Waals surface area contributed by atoms with Crippen molar-refractivity contribution in [2.45, 2.75) is 30.7 Å². The van der Waals surface area contributed by atoms with Crippen LogP contribution in [0.1, 0.15) is 18.4 Å². The maximum atomic E-state index is 12.2. The molecule has 0 bridgehead atoms. The molecule has 1 aromatic carbocycles. The van der Waals surface area contributed by atoms with E-state index in [1.165, 1.54) is 4.31 Å². The molecule has 0 unspecified atom stereocenters. The molecule has 88 valence electrons. The van der Waals surface area contributed by atoms with Crippen LogP contribution in [0.2, 0.25) is 0 Å². The predicted octanol–water partition coefficient (Wildman–Crippen LogP) is 1.36. The fraction of sp³-hybridized carbons (Fsp3) is 0.455. The zero-order valence-electron chi connectivity index (χ0n) is 9.47. The molecule has 1 saturated carbocycles. The van der Waals surface area contributed by atoms with Crippen LogP contribution in [0, 0.1) is 6.92 Å². The highest BCUT2D eigenvalue weighted by Crippen LogP contribution is 2.31. The van der Waals surface area contributed by atoms with E-state index in [4.69, 9.17) is 5.73 Å². The van der Waals surface area contributed by atoms with Crippen molar-refractivity contribution in [1.82, 2.24) is 4.31 Å². The summed E-state index contributed by atoms with van der Waals surface area (Å²) in [5.41, 5.74) is 7.09. The molecule has 0 saturated heterocycles. The summed E-state index contributed by atoms with van der Waals surface area (Å²) >= 11 is 0. The average Bonchev–Trinajstić information content (AvgIpc) is 3.04. The number of benzene rings is 1. The Hall–Kier alpha value is -1.07. The molecule has 1 aromatic rings. The van der Waals surface area contributed by atoms with Crippen molar-refractivity contribution in [3.63, 3.8) is 0 Å². The second kappa shape index (κ2) is 3.75. The average molecular weight is 240 g/mol. The summed E-state index contributed by atoms with van der Waals surface area (Å²) in [5.74, 6) is 0. The number of hydrogen-bond donors (Lipinski definition) is 1. The molecule has 0 spiro atoms.